The van der Waals surface area contributed by atoms with E-state index in [2.05, 4.69) is 320 Å². The summed E-state index contributed by atoms with van der Waals surface area (Å²) in [7, 11) is 4.20. The van der Waals surface area contributed by atoms with E-state index in [1.807, 2.05) is 36.4 Å². The molecule has 0 N–H and O–H groups in total. The van der Waals surface area contributed by atoms with E-state index in [4.69, 9.17) is 0 Å². The fraction of sp³-hybridized carbons (Fsp3) is 0.447. The van der Waals surface area contributed by atoms with Gasteiger partial charge in [0.15, 0.2) is 0 Å². The minimum Gasteiger partial charge on any atom is -0.375 e. The van der Waals surface area contributed by atoms with Crippen LogP contribution in [0.5, 0.6) is 0 Å². The zero-order chi connectivity index (χ0) is 64.0. The van der Waals surface area contributed by atoms with Crippen molar-refractivity contribution in [2.75, 3.05) is 74.6 Å². The van der Waals surface area contributed by atoms with E-state index in [0.717, 1.165) is 37.6 Å². The van der Waals surface area contributed by atoms with Crippen molar-refractivity contribution in [3.63, 3.8) is 0 Å². The Labute approximate surface area is 519 Å². The second kappa shape index (κ2) is 42.7. The lowest BCUT2D eigenvalue weighted by molar-refractivity contribution is 0.597. The van der Waals surface area contributed by atoms with Crippen molar-refractivity contribution >= 4 is 39.8 Å². The first-order valence-electron chi connectivity index (χ1n) is 31.4. The van der Waals surface area contributed by atoms with Crippen molar-refractivity contribution in [2.24, 2.45) is 0 Å². The van der Waals surface area contributed by atoms with Gasteiger partial charge in [0.1, 0.15) is 11.6 Å². The van der Waals surface area contributed by atoms with Crippen molar-refractivity contribution in [2.45, 2.75) is 187 Å². The first kappa shape index (κ1) is 76.0. The van der Waals surface area contributed by atoms with Crippen molar-refractivity contribution in [3.05, 3.63) is 212 Å². The van der Waals surface area contributed by atoms with Crippen LogP contribution in [0, 0.1) is 11.6 Å². The van der Waals surface area contributed by atoms with Gasteiger partial charge < -0.3 is 34.3 Å². The predicted molar refractivity (Wildman–Crippen MR) is 377 cm³/mol. The third-order valence-electron chi connectivity index (χ3n) is 14.2. The monoisotopic (exact) mass is 1160 g/mol. The molecule has 0 radical (unpaired) electrons. The van der Waals surface area contributed by atoms with Gasteiger partial charge in [0, 0.05) is 128 Å². The lowest BCUT2D eigenvalue weighted by Gasteiger charge is -2.33. The van der Waals surface area contributed by atoms with Crippen molar-refractivity contribution < 1.29 is 8.78 Å². The fourth-order valence-corrected chi connectivity index (χ4v) is 9.95. The van der Waals surface area contributed by atoms with Gasteiger partial charge in [-0.2, -0.15) is 0 Å². The molecule has 7 rings (SSSR count). The summed E-state index contributed by atoms with van der Waals surface area (Å²) in [4.78, 5) is 16.0. The number of rotatable bonds is 19. The van der Waals surface area contributed by atoms with Gasteiger partial charge in [-0.15, -0.1) is 0 Å². The summed E-state index contributed by atoms with van der Waals surface area (Å²) < 4.78 is 25.8. The maximum atomic E-state index is 13.0. The van der Waals surface area contributed by atoms with Gasteiger partial charge in [0.05, 0.1) is 0 Å². The molecule has 0 amide bonds. The first-order valence-corrected chi connectivity index (χ1v) is 31.4. The van der Waals surface area contributed by atoms with E-state index in [-0.39, 0.29) is 11.6 Å². The average molecular weight is 1160 g/mol. The first-order chi connectivity index (χ1) is 40.4. The van der Waals surface area contributed by atoms with Gasteiger partial charge in [-0.3, -0.25) is 0 Å². The van der Waals surface area contributed by atoms with Crippen LogP contribution in [0.2, 0.25) is 0 Å². The number of nitrogens with zero attached hydrogens (tertiary/aromatic N) is 7. The van der Waals surface area contributed by atoms with Crippen LogP contribution in [0.3, 0.4) is 0 Å². The lowest BCUT2D eigenvalue weighted by atomic mass is 10.2. The second-order valence-electron chi connectivity index (χ2n) is 23.2. The Hall–Kier alpha value is -7.00. The molecule has 0 spiro atoms. The maximum Gasteiger partial charge on any atom is 0.125 e. The van der Waals surface area contributed by atoms with Gasteiger partial charge >= 0.3 is 0 Å². The number of hydrogen-bond acceptors (Lipinski definition) is 7. The third kappa shape index (κ3) is 29.6. The molecule has 0 aliphatic carbocycles. The minimum atomic E-state index is -0.179. The summed E-state index contributed by atoms with van der Waals surface area (Å²) in [6.07, 6.45) is 0. The third-order valence-corrected chi connectivity index (χ3v) is 14.2. The molecule has 0 aliphatic rings. The van der Waals surface area contributed by atoms with Gasteiger partial charge in [-0.25, -0.2) is 8.78 Å². The highest BCUT2D eigenvalue weighted by Gasteiger charge is 2.16. The molecule has 0 saturated carbocycles. The summed E-state index contributed by atoms with van der Waals surface area (Å²) in [5.74, 6) is -0.352. The molecule has 7 nitrogen and oxygen atoms in total. The van der Waals surface area contributed by atoms with Crippen LogP contribution in [0.1, 0.15) is 138 Å². The molecule has 0 unspecified atom stereocenters. The van der Waals surface area contributed by atoms with E-state index in [0.29, 0.717) is 48.3 Å². The molecule has 85 heavy (non-hydrogen) atoms. The minimum absolute atomic E-state index is 0.172. The smallest absolute Gasteiger partial charge is 0.125 e. The van der Waals surface area contributed by atoms with Crippen LogP contribution in [0.4, 0.5) is 48.6 Å². The quantitative estimate of drug-likeness (QED) is 0.0795. The number of hydrogen-bond donors (Lipinski definition) is 0. The SMILES string of the molecule is CC(C)N(C)c1ccccc1.CC(C)N(c1ccc(F)cc1)C(C)C.CC(C)N(c1cccc(F)c1)C(C)C.CC(C)N(c1ccccc1)C(C)C.CCN(C)c1ccccc1.CCN(CC)c1ccccc1.CCN(c1ccccc1)C(C)C. The molecule has 0 fully saturated rings. The molecule has 7 aromatic carbocycles. The Morgan fingerprint density at radius 3 is 0.906 bits per heavy atom. The molecule has 0 bridgehead atoms. The Balaban J connectivity index is 0.000000497. The van der Waals surface area contributed by atoms with Gasteiger partial charge in [-0.05, 0) is 242 Å². The molecule has 7 aromatic rings. The maximum absolute atomic E-state index is 13.0. The van der Waals surface area contributed by atoms with Crippen molar-refractivity contribution in [3.8, 4) is 0 Å². The summed E-state index contributed by atoms with van der Waals surface area (Å²) in [5, 5.41) is 0. The molecule has 468 valence electrons. The Kier molecular flexibility index (Phi) is 38.2. The Bertz CT molecular complexity index is 2580. The molecular formula is C76H115F2N7. The van der Waals surface area contributed by atoms with Crippen molar-refractivity contribution in [1.29, 1.82) is 0 Å². The summed E-state index contributed by atoms with van der Waals surface area (Å²) in [5.41, 5.74) is 8.54. The normalized spacial score (nSPS) is 10.4. The second-order valence-corrected chi connectivity index (χ2v) is 23.2. The number of para-hydroxylation sites is 5. The van der Waals surface area contributed by atoms with Gasteiger partial charge in [-0.1, -0.05) is 97.1 Å². The molecule has 9 heteroatoms. The fourth-order valence-electron chi connectivity index (χ4n) is 9.95. The highest BCUT2D eigenvalue weighted by molar-refractivity contribution is 5.51. The van der Waals surface area contributed by atoms with Crippen LogP contribution >= 0.6 is 0 Å². The van der Waals surface area contributed by atoms with Crippen LogP contribution in [0.25, 0.3) is 0 Å². The molecule has 0 saturated heterocycles. The highest BCUT2D eigenvalue weighted by atomic mass is 19.1. The lowest BCUT2D eigenvalue weighted by Crippen LogP contribution is -2.36. The van der Waals surface area contributed by atoms with Gasteiger partial charge in [0.25, 0.3) is 0 Å². The Morgan fingerprint density at radius 2 is 0.588 bits per heavy atom. The molecule has 0 aromatic heterocycles. The number of benzene rings is 7. The predicted octanol–water partition coefficient (Wildman–Crippen LogP) is 20.3. The van der Waals surface area contributed by atoms with Crippen molar-refractivity contribution in [1.82, 2.24) is 0 Å². The summed E-state index contributed by atoms with van der Waals surface area (Å²) >= 11 is 0. The van der Waals surface area contributed by atoms with E-state index in [1.165, 1.54) is 46.6 Å². The Morgan fingerprint density at radius 1 is 0.271 bits per heavy atom. The van der Waals surface area contributed by atoms with E-state index in [9.17, 15) is 8.78 Å². The average Bonchev–Trinajstić information content (AvgIpc) is 3.51. The molecule has 0 aliphatic heterocycles. The summed E-state index contributed by atoms with van der Waals surface area (Å²) in [6.45, 7) is 47.7. The number of halogens is 2. The van der Waals surface area contributed by atoms with Crippen LogP contribution in [0.15, 0.2) is 200 Å². The number of anilines is 7. The zero-order valence-corrected chi connectivity index (χ0v) is 56.9. The van der Waals surface area contributed by atoms with E-state index >= 15 is 0 Å². The largest absolute Gasteiger partial charge is 0.375 e. The summed E-state index contributed by atoms with van der Waals surface area (Å²) in [6, 6.07) is 69.7. The molecular weight excluding hydrogens is 1050 g/mol. The molecule has 0 heterocycles. The standard InChI is InChI=1S/2C12H18FN.C12H19N.C11H17N.2C10H15N.C9H13N/c1-9(2)14(10(3)4)12-7-5-11(13)6-8-12;1-9(2)14(10(3)4)12-7-5-6-11(13)8-12;1-10(2)13(11(3)4)12-8-6-5-7-9-12;1-4-12(10(2)3)11-8-6-5-7-9-11;1-9(2)11(3)10-7-5-4-6-8-10;1-3-11(4-2)10-8-6-5-7-9-10;1-3-10(2)9-7-5-4-6-8-9/h2*5-10H,1-4H3;5-11H,1-4H3;5-10H,4H2,1-3H3;4-9H,1-3H3;5-9H,3-4H2,1-2H3;4-8H,3H2,1-2H3. The highest BCUT2D eigenvalue weighted by Crippen LogP contribution is 2.23. The topological polar surface area (TPSA) is 22.7 Å². The van der Waals surface area contributed by atoms with Crippen LogP contribution in [-0.4, -0.2) is 88.6 Å². The van der Waals surface area contributed by atoms with Gasteiger partial charge in [0.2, 0.25) is 0 Å². The van der Waals surface area contributed by atoms with Crippen LogP contribution < -0.4 is 34.3 Å². The molecule has 0 atom stereocenters. The van der Waals surface area contributed by atoms with Crippen LogP contribution in [-0.2, 0) is 0 Å². The van der Waals surface area contributed by atoms with E-state index < -0.39 is 0 Å². The zero-order valence-electron chi connectivity index (χ0n) is 56.9. The van der Waals surface area contributed by atoms with E-state index in [1.54, 1.807) is 12.1 Å².